The van der Waals surface area contributed by atoms with Crippen LogP contribution in [0.3, 0.4) is 0 Å². The number of hydrogen-bond donors (Lipinski definition) is 1. The van der Waals surface area contributed by atoms with Crippen LogP contribution in [0.5, 0.6) is 0 Å². The van der Waals surface area contributed by atoms with E-state index in [1.54, 1.807) is 11.3 Å². The Labute approximate surface area is 109 Å². The summed E-state index contributed by atoms with van der Waals surface area (Å²) in [5, 5.41) is 7.04. The summed E-state index contributed by atoms with van der Waals surface area (Å²) < 4.78 is 0. The van der Waals surface area contributed by atoms with Crippen molar-refractivity contribution in [2.75, 3.05) is 6.54 Å². The third-order valence-electron chi connectivity index (χ3n) is 3.92. The van der Waals surface area contributed by atoms with Crippen LogP contribution in [-0.4, -0.2) is 17.6 Å². The maximum Gasteiger partial charge on any atom is 0.0937 e. The van der Waals surface area contributed by atoms with Crippen LogP contribution in [0.4, 0.5) is 0 Å². The molecule has 2 unspecified atom stereocenters. The van der Waals surface area contributed by atoms with Gasteiger partial charge in [-0.3, -0.25) is 0 Å². The molecular formula is C14H24N2S. The molecule has 0 bridgehead atoms. The summed E-state index contributed by atoms with van der Waals surface area (Å²) >= 11 is 1.77. The highest BCUT2D eigenvalue weighted by molar-refractivity contribution is 7.09. The van der Waals surface area contributed by atoms with Crippen molar-refractivity contribution in [1.29, 1.82) is 0 Å². The lowest BCUT2D eigenvalue weighted by atomic mass is 9.98. The molecule has 1 aliphatic rings. The van der Waals surface area contributed by atoms with Crippen LogP contribution in [0.2, 0.25) is 0 Å². The standard InChI is InChI=1S/C14H24N2S/c1-2-12-4-3-5-13(7-6-12)15-9-8-14-16-10-11-17-14/h10-13,15H,2-9H2,1H3. The first kappa shape index (κ1) is 13.0. The minimum absolute atomic E-state index is 0.756. The Morgan fingerprint density at radius 3 is 3.06 bits per heavy atom. The maximum absolute atomic E-state index is 4.32. The zero-order valence-corrected chi connectivity index (χ0v) is 11.6. The van der Waals surface area contributed by atoms with Crippen LogP contribution in [0.15, 0.2) is 11.6 Å². The molecule has 1 aliphatic carbocycles. The molecule has 2 rings (SSSR count). The maximum atomic E-state index is 4.32. The smallest absolute Gasteiger partial charge is 0.0937 e. The Morgan fingerprint density at radius 2 is 2.29 bits per heavy atom. The minimum Gasteiger partial charge on any atom is -0.314 e. The second-order valence-electron chi connectivity index (χ2n) is 5.11. The van der Waals surface area contributed by atoms with Crippen molar-refractivity contribution in [3.05, 3.63) is 16.6 Å². The van der Waals surface area contributed by atoms with Gasteiger partial charge in [0.15, 0.2) is 0 Å². The third kappa shape index (κ3) is 4.40. The fourth-order valence-corrected chi connectivity index (χ4v) is 3.37. The summed E-state index contributed by atoms with van der Waals surface area (Å²) in [5.41, 5.74) is 0. The molecule has 1 N–H and O–H groups in total. The molecule has 3 heteroatoms. The third-order valence-corrected chi connectivity index (χ3v) is 4.76. The van der Waals surface area contributed by atoms with Gasteiger partial charge < -0.3 is 5.32 Å². The van der Waals surface area contributed by atoms with E-state index in [0.717, 1.165) is 24.9 Å². The summed E-state index contributed by atoms with van der Waals surface area (Å²) in [6.45, 7) is 3.43. The molecule has 96 valence electrons. The lowest BCUT2D eigenvalue weighted by Gasteiger charge is -2.16. The largest absolute Gasteiger partial charge is 0.314 e. The van der Waals surface area contributed by atoms with Crippen molar-refractivity contribution >= 4 is 11.3 Å². The SMILES string of the molecule is CCC1CCCC(NCCc2nccs2)CC1. The van der Waals surface area contributed by atoms with E-state index in [1.165, 1.54) is 43.5 Å². The first-order valence-electron chi connectivity index (χ1n) is 7.00. The molecule has 2 atom stereocenters. The fourth-order valence-electron chi connectivity index (χ4n) is 2.75. The van der Waals surface area contributed by atoms with E-state index < -0.39 is 0 Å². The number of nitrogens with zero attached hydrogens (tertiary/aromatic N) is 1. The Balaban J connectivity index is 1.65. The number of aromatic nitrogens is 1. The monoisotopic (exact) mass is 252 g/mol. The summed E-state index contributed by atoms with van der Waals surface area (Å²) in [4.78, 5) is 4.32. The van der Waals surface area contributed by atoms with Crippen molar-refractivity contribution in [3.63, 3.8) is 0 Å². The van der Waals surface area contributed by atoms with Gasteiger partial charge in [-0.15, -0.1) is 11.3 Å². The van der Waals surface area contributed by atoms with E-state index in [-0.39, 0.29) is 0 Å². The Bertz CT molecular complexity index is 297. The average Bonchev–Trinajstić information content (AvgIpc) is 2.75. The number of hydrogen-bond acceptors (Lipinski definition) is 3. The first-order chi connectivity index (χ1) is 8.38. The summed E-state index contributed by atoms with van der Waals surface area (Å²) in [5.74, 6) is 0.987. The molecule has 0 aliphatic heterocycles. The van der Waals surface area contributed by atoms with E-state index in [0.29, 0.717) is 0 Å². The van der Waals surface area contributed by atoms with Gasteiger partial charge in [0.05, 0.1) is 5.01 Å². The Kier molecular flexibility index (Phi) is 5.46. The van der Waals surface area contributed by atoms with Gasteiger partial charge in [0.1, 0.15) is 0 Å². The van der Waals surface area contributed by atoms with Crippen molar-refractivity contribution in [1.82, 2.24) is 10.3 Å². The molecule has 17 heavy (non-hydrogen) atoms. The highest BCUT2D eigenvalue weighted by Crippen LogP contribution is 2.25. The molecule has 0 radical (unpaired) electrons. The van der Waals surface area contributed by atoms with E-state index in [2.05, 4.69) is 22.6 Å². The fraction of sp³-hybridized carbons (Fsp3) is 0.786. The van der Waals surface area contributed by atoms with Gasteiger partial charge in [0, 0.05) is 30.6 Å². The van der Waals surface area contributed by atoms with Crippen LogP contribution in [0, 0.1) is 5.92 Å². The highest BCUT2D eigenvalue weighted by Gasteiger charge is 2.16. The molecule has 1 heterocycles. The second kappa shape index (κ2) is 7.12. The van der Waals surface area contributed by atoms with Crippen molar-refractivity contribution in [2.24, 2.45) is 5.92 Å². The molecule has 2 nitrogen and oxygen atoms in total. The van der Waals surface area contributed by atoms with E-state index in [1.807, 2.05) is 6.20 Å². The predicted octanol–water partition coefficient (Wildman–Crippen LogP) is 3.63. The van der Waals surface area contributed by atoms with E-state index in [9.17, 15) is 0 Å². The second-order valence-corrected chi connectivity index (χ2v) is 6.09. The summed E-state index contributed by atoms with van der Waals surface area (Å²) in [6.07, 6.45) is 11.4. The molecule has 1 aromatic heterocycles. The van der Waals surface area contributed by atoms with Crippen molar-refractivity contribution in [2.45, 2.75) is 57.9 Å². The summed E-state index contributed by atoms with van der Waals surface area (Å²) in [6, 6.07) is 0.756. The normalized spacial score (nSPS) is 25.7. The van der Waals surface area contributed by atoms with Crippen LogP contribution in [-0.2, 0) is 6.42 Å². The Hall–Kier alpha value is -0.410. The Morgan fingerprint density at radius 1 is 1.35 bits per heavy atom. The van der Waals surface area contributed by atoms with Gasteiger partial charge >= 0.3 is 0 Å². The van der Waals surface area contributed by atoms with Crippen molar-refractivity contribution < 1.29 is 0 Å². The number of thiazole rings is 1. The lowest BCUT2D eigenvalue weighted by molar-refractivity contribution is 0.427. The highest BCUT2D eigenvalue weighted by atomic mass is 32.1. The first-order valence-corrected chi connectivity index (χ1v) is 7.88. The average molecular weight is 252 g/mol. The zero-order chi connectivity index (χ0) is 11.9. The number of rotatable bonds is 5. The van der Waals surface area contributed by atoms with Gasteiger partial charge in [0.25, 0.3) is 0 Å². The van der Waals surface area contributed by atoms with Gasteiger partial charge in [0.2, 0.25) is 0 Å². The predicted molar refractivity (Wildman–Crippen MR) is 74.5 cm³/mol. The van der Waals surface area contributed by atoms with Gasteiger partial charge in [-0.2, -0.15) is 0 Å². The van der Waals surface area contributed by atoms with Gasteiger partial charge in [-0.1, -0.05) is 26.2 Å². The molecule has 0 saturated heterocycles. The molecule has 1 saturated carbocycles. The molecule has 1 fully saturated rings. The van der Waals surface area contributed by atoms with Crippen molar-refractivity contribution in [3.8, 4) is 0 Å². The molecule has 1 aromatic rings. The number of nitrogens with one attached hydrogen (secondary N) is 1. The van der Waals surface area contributed by atoms with E-state index in [4.69, 9.17) is 0 Å². The minimum atomic E-state index is 0.756. The lowest BCUT2D eigenvalue weighted by Crippen LogP contribution is -2.30. The zero-order valence-electron chi connectivity index (χ0n) is 10.8. The van der Waals surface area contributed by atoms with E-state index >= 15 is 0 Å². The molecule has 0 spiro atoms. The van der Waals surface area contributed by atoms with Crippen LogP contribution >= 0.6 is 11.3 Å². The van der Waals surface area contributed by atoms with Crippen LogP contribution in [0.1, 0.15) is 50.5 Å². The molecule has 0 aromatic carbocycles. The van der Waals surface area contributed by atoms with Crippen LogP contribution in [0.25, 0.3) is 0 Å². The quantitative estimate of drug-likeness (QED) is 0.809. The molecule has 0 amide bonds. The molecular weight excluding hydrogens is 228 g/mol. The summed E-state index contributed by atoms with van der Waals surface area (Å²) in [7, 11) is 0. The topological polar surface area (TPSA) is 24.9 Å². The van der Waals surface area contributed by atoms with Gasteiger partial charge in [-0.25, -0.2) is 4.98 Å². The van der Waals surface area contributed by atoms with Crippen LogP contribution < -0.4 is 5.32 Å². The van der Waals surface area contributed by atoms with Gasteiger partial charge in [-0.05, 0) is 25.2 Å².